The molecule has 0 spiro atoms. The number of nitrogens with zero attached hydrogens (tertiary/aromatic N) is 1. The molecule has 1 aromatic rings. The van der Waals surface area contributed by atoms with Crippen LogP contribution in [-0.2, 0) is 0 Å². The third kappa shape index (κ3) is 3.68. The fraction of sp³-hybridized carbons (Fsp3) is 0.462. The lowest BCUT2D eigenvalue weighted by atomic mass is 10.1. The smallest absolute Gasteiger partial charge is 0.256 e. The number of halogens is 2. The van der Waals surface area contributed by atoms with Gasteiger partial charge in [0, 0.05) is 13.1 Å². The van der Waals surface area contributed by atoms with Crippen LogP contribution in [0.15, 0.2) is 18.2 Å². The van der Waals surface area contributed by atoms with Crippen LogP contribution in [0.1, 0.15) is 31.1 Å². The van der Waals surface area contributed by atoms with Crippen LogP contribution in [0, 0.1) is 5.82 Å². The SMILES string of the molecule is CCN(CC(C)(C)O)C(=O)c1cccc(Cl)c1F. The van der Waals surface area contributed by atoms with Crippen LogP contribution in [0.5, 0.6) is 0 Å². The van der Waals surface area contributed by atoms with E-state index < -0.39 is 17.3 Å². The Morgan fingerprint density at radius 1 is 1.50 bits per heavy atom. The van der Waals surface area contributed by atoms with Crippen molar-refractivity contribution in [3.63, 3.8) is 0 Å². The van der Waals surface area contributed by atoms with E-state index in [-0.39, 0.29) is 17.1 Å². The number of aliphatic hydroxyl groups is 1. The summed E-state index contributed by atoms with van der Waals surface area (Å²) in [7, 11) is 0. The molecule has 0 heterocycles. The Labute approximate surface area is 111 Å². The van der Waals surface area contributed by atoms with E-state index in [1.807, 2.05) is 0 Å². The third-order valence-corrected chi connectivity index (χ3v) is 2.72. The zero-order valence-corrected chi connectivity index (χ0v) is 11.5. The molecular weight excluding hydrogens is 257 g/mol. The maximum absolute atomic E-state index is 13.7. The summed E-state index contributed by atoms with van der Waals surface area (Å²) in [6.07, 6.45) is 0. The minimum Gasteiger partial charge on any atom is -0.389 e. The minimum atomic E-state index is -1.03. The second-order valence-electron chi connectivity index (χ2n) is 4.73. The molecule has 0 unspecified atom stereocenters. The van der Waals surface area contributed by atoms with Gasteiger partial charge in [-0.05, 0) is 32.9 Å². The van der Waals surface area contributed by atoms with Crippen molar-refractivity contribution in [2.75, 3.05) is 13.1 Å². The number of carbonyl (C=O) groups is 1. The maximum Gasteiger partial charge on any atom is 0.256 e. The number of hydrogen-bond donors (Lipinski definition) is 1. The van der Waals surface area contributed by atoms with Gasteiger partial charge in [0.1, 0.15) is 0 Å². The average Bonchev–Trinajstić information content (AvgIpc) is 2.27. The second-order valence-corrected chi connectivity index (χ2v) is 5.14. The Hall–Kier alpha value is -1.13. The molecule has 0 radical (unpaired) electrons. The lowest BCUT2D eigenvalue weighted by Gasteiger charge is -2.28. The van der Waals surface area contributed by atoms with Gasteiger partial charge in [0.25, 0.3) is 5.91 Å². The molecule has 1 aromatic carbocycles. The van der Waals surface area contributed by atoms with E-state index in [1.54, 1.807) is 20.8 Å². The molecule has 1 N–H and O–H groups in total. The second kappa shape index (κ2) is 5.67. The predicted molar refractivity (Wildman–Crippen MR) is 69.3 cm³/mol. The van der Waals surface area contributed by atoms with Gasteiger partial charge in [-0.25, -0.2) is 4.39 Å². The molecule has 3 nitrogen and oxygen atoms in total. The zero-order valence-electron chi connectivity index (χ0n) is 10.7. The minimum absolute atomic E-state index is 0.0754. The summed E-state index contributed by atoms with van der Waals surface area (Å²) < 4.78 is 13.7. The zero-order chi connectivity index (χ0) is 13.9. The molecule has 0 aliphatic heterocycles. The lowest BCUT2D eigenvalue weighted by molar-refractivity contribution is 0.0312. The average molecular weight is 274 g/mol. The summed E-state index contributed by atoms with van der Waals surface area (Å²) >= 11 is 5.64. The van der Waals surface area contributed by atoms with Crippen LogP contribution in [0.25, 0.3) is 0 Å². The highest BCUT2D eigenvalue weighted by atomic mass is 35.5. The topological polar surface area (TPSA) is 40.5 Å². The predicted octanol–water partition coefficient (Wildman–Crippen LogP) is 2.71. The molecule has 0 aromatic heterocycles. The van der Waals surface area contributed by atoms with Gasteiger partial charge in [-0.3, -0.25) is 4.79 Å². The molecule has 0 atom stereocenters. The Morgan fingerprint density at radius 3 is 2.61 bits per heavy atom. The van der Waals surface area contributed by atoms with E-state index in [9.17, 15) is 14.3 Å². The van der Waals surface area contributed by atoms with Gasteiger partial charge in [0.05, 0.1) is 16.2 Å². The van der Waals surface area contributed by atoms with E-state index in [2.05, 4.69) is 0 Å². The number of hydrogen-bond acceptors (Lipinski definition) is 2. The summed E-state index contributed by atoms with van der Waals surface area (Å²) in [6, 6.07) is 4.30. The molecule has 1 amide bonds. The maximum atomic E-state index is 13.7. The number of carbonyl (C=O) groups excluding carboxylic acids is 1. The van der Waals surface area contributed by atoms with Crippen molar-refractivity contribution >= 4 is 17.5 Å². The van der Waals surface area contributed by atoms with E-state index in [1.165, 1.54) is 23.1 Å². The van der Waals surface area contributed by atoms with Crippen LogP contribution in [0.4, 0.5) is 4.39 Å². The number of rotatable bonds is 4. The van der Waals surface area contributed by atoms with Crippen molar-refractivity contribution in [2.45, 2.75) is 26.4 Å². The number of benzene rings is 1. The van der Waals surface area contributed by atoms with Crippen molar-refractivity contribution in [1.82, 2.24) is 4.90 Å². The van der Waals surface area contributed by atoms with Crippen LogP contribution < -0.4 is 0 Å². The van der Waals surface area contributed by atoms with E-state index >= 15 is 0 Å². The fourth-order valence-electron chi connectivity index (χ4n) is 1.63. The van der Waals surface area contributed by atoms with Crippen molar-refractivity contribution in [1.29, 1.82) is 0 Å². The molecular formula is C13H17ClFNO2. The molecule has 1 rings (SSSR count). The van der Waals surface area contributed by atoms with Gasteiger partial charge < -0.3 is 10.0 Å². The summed E-state index contributed by atoms with van der Waals surface area (Å²) in [5, 5.41) is 9.64. The quantitative estimate of drug-likeness (QED) is 0.916. The summed E-state index contributed by atoms with van der Waals surface area (Å²) in [5.41, 5.74) is -1.10. The normalized spacial score (nSPS) is 11.4. The van der Waals surface area contributed by atoms with Gasteiger partial charge in [-0.2, -0.15) is 0 Å². The fourth-order valence-corrected chi connectivity index (χ4v) is 1.81. The molecule has 5 heteroatoms. The van der Waals surface area contributed by atoms with Gasteiger partial charge in [0.2, 0.25) is 0 Å². The van der Waals surface area contributed by atoms with Crippen LogP contribution in [0.2, 0.25) is 5.02 Å². The highest BCUT2D eigenvalue weighted by molar-refractivity contribution is 6.31. The van der Waals surface area contributed by atoms with Gasteiger partial charge >= 0.3 is 0 Å². The van der Waals surface area contributed by atoms with Crippen molar-refractivity contribution in [3.05, 3.63) is 34.6 Å². The van der Waals surface area contributed by atoms with E-state index in [4.69, 9.17) is 11.6 Å². The lowest BCUT2D eigenvalue weighted by Crippen LogP contribution is -2.42. The summed E-state index contributed by atoms with van der Waals surface area (Å²) in [6.45, 7) is 5.48. The van der Waals surface area contributed by atoms with Crippen molar-refractivity contribution < 1.29 is 14.3 Å². The van der Waals surface area contributed by atoms with Gasteiger partial charge in [-0.15, -0.1) is 0 Å². The summed E-state index contributed by atoms with van der Waals surface area (Å²) in [4.78, 5) is 13.5. The third-order valence-electron chi connectivity index (χ3n) is 2.43. The van der Waals surface area contributed by atoms with Crippen LogP contribution in [-0.4, -0.2) is 34.6 Å². The molecule has 0 bridgehead atoms. The monoisotopic (exact) mass is 273 g/mol. The molecule has 0 aliphatic rings. The molecule has 18 heavy (non-hydrogen) atoms. The molecule has 0 saturated carbocycles. The van der Waals surface area contributed by atoms with E-state index in [0.29, 0.717) is 6.54 Å². The van der Waals surface area contributed by atoms with Gasteiger partial charge in [0.15, 0.2) is 5.82 Å². The first kappa shape index (κ1) is 14.9. The first-order valence-electron chi connectivity index (χ1n) is 5.72. The highest BCUT2D eigenvalue weighted by Gasteiger charge is 2.24. The van der Waals surface area contributed by atoms with Crippen molar-refractivity contribution in [2.24, 2.45) is 0 Å². The molecule has 0 fully saturated rings. The Balaban J connectivity index is 3.01. The standard InChI is InChI=1S/C13H17ClFNO2/c1-4-16(8-13(2,3)18)12(17)9-6-5-7-10(14)11(9)15/h5-7,18H,4,8H2,1-3H3. The van der Waals surface area contributed by atoms with Gasteiger partial charge in [-0.1, -0.05) is 17.7 Å². The Bertz CT molecular complexity index is 443. The molecule has 0 aliphatic carbocycles. The summed E-state index contributed by atoms with van der Waals surface area (Å²) in [5.74, 6) is -1.20. The number of amides is 1. The number of likely N-dealkylation sites (N-methyl/N-ethyl adjacent to an activating group) is 1. The van der Waals surface area contributed by atoms with Crippen molar-refractivity contribution in [3.8, 4) is 0 Å². The largest absolute Gasteiger partial charge is 0.389 e. The Morgan fingerprint density at radius 2 is 2.11 bits per heavy atom. The van der Waals surface area contributed by atoms with E-state index in [0.717, 1.165) is 0 Å². The van der Waals surface area contributed by atoms with Crippen LogP contribution >= 0.6 is 11.6 Å². The van der Waals surface area contributed by atoms with Crippen LogP contribution in [0.3, 0.4) is 0 Å². The molecule has 0 saturated heterocycles. The Kier molecular flexibility index (Phi) is 4.71. The highest BCUT2D eigenvalue weighted by Crippen LogP contribution is 2.20. The first-order chi connectivity index (χ1) is 8.26. The molecule has 100 valence electrons. The first-order valence-corrected chi connectivity index (χ1v) is 6.09.